The van der Waals surface area contributed by atoms with Gasteiger partial charge >= 0.3 is 0 Å². The Bertz CT molecular complexity index is 1330. The number of nitrogens with two attached hydrogens (primary N) is 1. The molecule has 0 amide bonds. The Morgan fingerprint density at radius 2 is 1.75 bits per heavy atom. The molecule has 0 bridgehead atoms. The van der Waals surface area contributed by atoms with E-state index in [9.17, 15) is 0 Å². The second-order valence-corrected chi connectivity index (χ2v) is 7.88. The summed E-state index contributed by atoms with van der Waals surface area (Å²) >= 11 is 6.60. The van der Waals surface area contributed by atoms with E-state index in [1.807, 2.05) is 43.3 Å². The molecule has 5 rings (SSSR count). The molecule has 1 aliphatic rings. The zero-order chi connectivity index (χ0) is 22.3. The largest absolute Gasteiger partial charge is 0.495 e. The van der Waals surface area contributed by atoms with Crippen LogP contribution in [0.4, 0.5) is 0 Å². The lowest BCUT2D eigenvalue weighted by molar-refractivity contribution is 0.411. The molecule has 0 aliphatic carbocycles. The number of rotatable bonds is 4. The van der Waals surface area contributed by atoms with Crippen molar-refractivity contribution in [3.63, 3.8) is 0 Å². The fourth-order valence-electron chi connectivity index (χ4n) is 4.22. The van der Waals surface area contributed by atoms with E-state index in [1.165, 1.54) is 6.33 Å². The topological polar surface area (TPSA) is 99.2 Å². The van der Waals surface area contributed by atoms with E-state index in [1.54, 1.807) is 31.9 Å². The van der Waals surface area contributed by atoms with Gasteiger partial charge in [-0.3, -0.25) is 4.98 Å². The number of ether oxygens (including phenoxy) is 1. The van der Waals surface area contributed by atoms with E-state index in [2.05, 4.69) is 19.9 Å². The standard InChI is InChI=1S/C24H19ClN6O/c1-14-8-18(10-19(25)21(14)32-2)24(22-20(23(26)31-24)29-6-7-30-22)17-5-3-4-15(9-17)16-11-27-13-28-12-16/h3-13H,1-2H3,(H2,26,31). The van der Waals surface area contributed by atoms with E-state index < -0.39 is 5.54 Å². The van der Waals surface area contributed by atoms with Crippen molar-refractivity contribution in [2.24, 2.45) is 10.7 Å². The number of aromatic nitrogens is 4. The highest BCUT2D eigenvalue weighted by Gasteiger charge is 2.45. The molecule has 2 aromatic heterocycles. The summed E-state index contributed by atoms with van der Waals surface area (Å²) in [6, 6.07) is 11.9. The summed E-state index contributed by atoms with van der Waals surface area (Å²) in [6.07, 6.45) is 8.31. The van der Waals surface area contributed by atoms with Crippen LogP contribution in [-0.2, 0) is 5.54 Å². The smallest absolute Gasteiger partial charge is 0.157 e. The van der Waals surface area contributed by atoms with Crippen LogP contribution in [0.1, 0.15) is 28.1 Å². The maximum Gasteiger partial charge on any atom is 0.157 e. The van der Waals surface area contributed by atoms with Gasteiger partial charge in [0.2, 0.25) is 0 Å². The average molecular weight is 443 g/mol. The van der Waals surface area contributed by atoms with Gasteiger partial charge in [0.1, 0.15) is 29.3 Å². The van der Waals surface area contributed by atoms with E-state index in [4.69, 9.17) is 27.1 Å². The summed E-state index contributed by atoms with van der Waals surface area (Å²) in [6.45, 7) is 1.94. The fourth-order valence-corrected chi connectivity index (χ4v) is 4.56. The molecule has 7 nitrogen and oxygen atoms in total. The molecule has 1 aliphatic heterocycles. The highest BCUT2D eigenvalue weighted by Crippen LogP contribution is 2.47. The van der Waals surface area contributed by atoms with Crippen LogP contribution in [0.15, 0.2) is 72.5 Å². The third-order valence-electron chi connectivity index (χ3n) is 5.60. The second kappa shape index (κ2) is 7.69. The SMILES string of the molecule is COc1c(C)cc(C2(c3cccc(-c4cncnc4)c3)N=C(N)c3nccnc32)cc1Cl. The van der Waals surface area contributed by atoms with E-state index >= 15 is 0 Å². The molecule has 0 radical (unpaired) electrons. The Labute approximate surface area is 190 Å². The normalized spacial score (nSPS) is 17.0. The van der Waals surface area contributed by atoms with Crippen LogP contribution in [0.3, 0.4) is 0 Å². The van der Waals surface area contributed by atoms with Gasteiger partial charge in [0.05, 0.1) is 12.1 Å². The van der Waals surface area contributed by atoms with Crippen LogP contribution in [-0.4, -0.2) is 32.9 Å². The Morgan fingerprint density at radius 3 is 2.50 bits per heavy atom. The fraction of sp³-hybridized carbons (Fsp3) is 0.125. The predicted molar refractivity (Wildman–Crippen MR) is 123 cm³/mol. The van der Waals surface area contributed by atoms with Crippen LogP contribution in [0.2, 0.25) is 5.02 Å². The maximum absolute atomic E-state index is 6.60. The molecule has 3 heterocycles. The number of aryl methyl sites for hydroxylation is 1. The number of halogens is 1. The highest BCUT2D eigenvalue weighted by molar-refractivity contribution is 6.32. The summed E-state index contributed by atoms with van der Waals surface area (Å²) < 4.78 is 5.47. The maximum atomic E-state index is 6.60. The molecule has 0 fully saturated rings. The van der Waals surface area contributed by atoms with Crippen LogP contribution < -0.4 is 10.5 Å². The van der Waals surface area contributed by atoms with E-state index in [0.717, 1.165) is 27.8 Å². The van der Waals surface area contributed by atoms with Gasteiger partial charge in [-0.15, -0.1) is 0 Å². The van der Waals surface area contributed by atoms with E-state index in [-0.39, 0.29) is 0 Å². The number of methoxy groups -OCH3 is 1. The summed E-state index contributed by atoms with van der Waals surface area (Å²) in [5.74, 6) is 0.946. The summed E-state index contributed by atoms with van der Waals surface area (Å²) in [4.78, 5) is 22.3. The second-order valence-electron chi connectivity index (χ2n) is 7.48. The molecule has 2 aromatic carbocycles. The van der Waals surface area contributed by atoms with Gasteiger partial charge in [-0.25, -0.2) is 19.9 Å². The molecule has 8 heteroatoms. The van der Waals surface area contributed by atoms with Gasteiger partial charge < -0.3 is 10.5 Å². The first-order valence-corrected chi connectivity index (χ1v) is 10.3. The minimum absolute atomic E-state index is 0.325. The van der Waals surface area contributed by atoms with Gasteiger partial charge in [-0.1, -0.05) is 29.8 Å². The molecule has 0 saturated carbocycles. The number of fused-ring (bicyclic) bond motifs is 1. The van der Waals surface area contributed by atoms with Gasteiger partial charge in [0, 0.05) is 30.4 Å². The van der Waals surface area contributed by atoms with Gasteiger partial charge in [0.15, 0.2) is 5.54 Å². The number of benzene rings is 2. The zero-order valence-corrected chi connectivity index (χ0v) is 18.2. The summed E-state index contributed by atoms with van der Waals surface area (Å²) in [7, 11) is 1.60. The molecule has 1 atom stereocenters. The van der Waals surface area contributed by atoms with Crippen molar-refractivity contribution in [1.82, 2.24) is 19.9 Å². The Balaban J connectivity index is 1.82. The number of hydrogen-bond donors (Lipinski definition) is 1. The first kappa shape index (κ1) is 20.1. The number of aliphatic imine (C=N–C) groups is 1. The number of amidine groups is 1. The molecular weight excluding hydrogens is 424 g/mol. The van der Waals surface area contributed by atoms with Crippen molar-refractivity contribution in [3.05, 3.63) is 101 Å². The lowest BCUT2D eigenvalue weighted by Gasteiger charge is -2.29. The van der Waals surface area contributed by atoms with Crippen LogP contribution in [0, 0.1) is 6.92 Å². The molecule has 4 aromatic rings. The van der Waals surface area contributed by atoms with Crippen molar-refractivity contribution >= 4 is 17.4 Å². The van der Waals surface area contributed by atoms with Crippen LogP contribution >= 0.6 is 11.6 Å². The third kappa shape index (κ3) is 3.01. The Morgan fingerprint density at radius 1 is 0.969 bits per heavy atom. The quantitative estimate of drug-likeness (QED) is 0.514. The van der Waals surface area contributed by atoms with Crippen molar-refractivity contribution in [1.29, 1.82) is 0 Å². The molecule has 158 valence electrons. The monoisotopic (exact) mass is 442 g/mol. The number of nitrogens with zero attached hydrogens (tertiary/aromatic N) is 5. The highest BCUT2D eigenvalue weighted by atomic mass is 35.5. The first-order chi connectivity index (χ1) is 15.5. The lowest BCUT2D eigenvalue weighted by atomic mass is 9.79. The van der Waals surface area contributed by atoms with Gasteiger partial charge in [0.25, 0.3) is 0 Å². The summed E-state index contributed by atoms with van der Waals surface area (Å²) in [5, 5.41) is 0.487. The molecule has 0 saturated heterocycles. The van der Waals surface area contributed by atoms with Gasteiger partial charge in [-0.2, -0.15) is 0 Å². The minimum Gasteiger partial charge on any atom is -0.495 e. The molecule has 32 heavy (non-hydrogen) atoms. The molecular formula is C24H19ClN6O. The lowest BCUT2D eigenvalue weighted by Crippen LogP contribution is -2.27. The van der Waals surface area contributed by atoms with Crippen molar-refractivity contribution in [3.8, 4) is 16.9 Å². The van der Waals surface area contributed by atoms with E-state index in [0.29, 0.717) is 28.0 Å². The zero-order valence-electron chi connectivity index (χ0n) is 17.5. The van der Waals surface area contributed by atoms with Crippen molar-refractivity contribution in [2.45, 2.75) is 12.5 Å². The van der Waals surface area contributed by atoms with Crippen LogP contribution in [0.25, 0.3) is 11.1 Å². The minimum atomic E-state index is -1.01. The Kier molecular flexibility index (Phi) is 4.83. The number of hydrogen-bond acceptors (Lipinski definition) is 7. The third-order valence-corrected chi connectivity index (χ3v) is 5.88. The first-order valence-electron chi connectivity index (χ1n) is 9.92. The van der Waals surface area contributed by atoms with Crippen molar-refractivity contribution in [2.75, 3.05) is 7.11 Å². The average Bonchev–Trinajstić information content (AvgIpc) is 3.13. The molecule has 0 spiro atoms. The predicted octanol–water partition coefficient (Wildman–Crippen LogP) is 3.91. The molecule has 2 N–H and O–H groups in total. The van der Waals surface area contributed by atoms with Gasteiger partial charge in [-0.05, 0) is 47.4 Å². The molecule has 1 unspecified atom stereocenters. The summed E-state index contributed by atoms with van der Waals surface area (Å²) in [5.41, 5.74) is 11.0. The van der Waals surface area contributed by atoms with Crippen molar-refractivity contribution < 1.29 is 4.74 Å². The van der Waals surface area contributed by atoms with Crippen LogP contribution in [0.5, 0.6) is 5.75 Å². The Hall–Kier alpha value is -3.84.